The van der Waals surface area contributed by atoms with Gasteiger partial charge >= 0.3 is 30.3 Å². The number of hydrazone groups is 2. The zero-order chi connectivity index (χ0) is 33.5. The first-order chi connectivity index (χ1) is 20.5. The Balaban J connectivity index is 0.000000574. The Morgan fingerprint density at radius 2 is 1.36 bits per heavy atom. The number of hydrogen-bond donors (Lipinski definition) is 4. The maximum Gasteiger partial charge on any atom is 0.490 e. The van der Waals surface area contributed by atoms with E-state index < -0.39 is 24.3 Å². The van der Waals surface area contributed by atoms with Crippen molar-refractivity contribution in [1.82, 2.24) is 4.57 Å². The van der Waals surface area contributed by atoms with Crippen molar-refractivity contribution in [3.05, 3.63) is 94.3 Å². The number of aromatic nitrogens is 1. The van der Waals surface area contributed by atoms with E-state index in [1.807, 2.05) is 65.5 Å². The van der Waals surface area contributed by atoms with Crippen LogP contribution in [0.2, 0.25) is 0 Å². The molecule has 6 N–H and O–H groups in total. The number of halogens is 6. The van der Waals surface area contributed by atoms with Crippen LogP contribution in [0.4, 0.5) is 26.3 Å². The van der Waals surface area contributed by atoms with Crippen molar-refractivity contribution in [2.75, 3.05) is 6.61 Å². The molecule has 0 saturated heterocycles. The van der Waals surface area contributed by atoms with Gasteiger partial charge in [0.25, 0.3) is 0 Å². The molecule has 1 heterocycles. The fourth-order valence-corrected chi connectivity index (χ4v) is 3.28. The fourth-order valence-electron chi connectivity index (χ4n) is 3.28. The molecule has 11 nitrogen and oxygen atoms in total. The van der Waals surface area contributed by atoms with Gasteiger partial charge in [-0.25, -0.2) is 14.4 Å². The van der Waals surface area contributed by atoms with Crippen LogP contribution in [-0.4, -0.2) is 64.1 Å². The van der Waals surface area contributed by atoms with E-state index in [2.05, 4.69) is 10.2 Å². The molecule has 3 rings (SSSR count). The lowest BCUT2D eigenvalue weighted by Crippen LogP contribution is -2.21. The van der Waals surface area contributed by atoms with Crippen LogP contribution in [0.15, 0.2) is 71.1 Å². The minimum absolute atomic E-state index is 0.319. The Morgan fingerprint density at radius 3 is 1.84 bits per heavy atom. The number of carboxylic acid groups (broad SMARTS) is 2. The van der Waals surface area contributed by atoms with Gasteiger partial charge in [0.15, 0.2) is 0 Å². The molecular weight excluding hydrogens is 604 g/mol. The summed E-state index contributed by atoms with van der Waals surface area (Å²) in [4.78, 5) is 30.3. The molecule has 0 atom stereocenters. The maximum absolute atomic E-state index is 12.5. The minimum Gasteiger partial charge on any atom is -0.475 e. The number of benzene rings is 2. The molecule has 238 valence electrons. The third-order valence-electron chi connectivity index (χ3n) is 5.08. The molecule has 0 fully saturated rings. The molecule has 17 heteroatoms. The SMILES string of the molecule is CCOC(=O)c1cn(Cc2ccc(C=NN)cc2)cc1Cc1cccc(C=NN)c1.O=C(O)C(F)(F)F.O=C(O)C(F)(F)F. The third-order valence-corrected chi connectivity index (χ3v) is 5.08. The topological polar surface area (TPSA) is 183 Å². The zero-order valence-electron chi connectivity index (χ0n) is 22.8. The molecule has 2 aromatic carbocycles. The fraction of sp³-hybridized carbons (Fsp3) is 0.222. The second-order valence-electron chi connectivity index (χ2n) is 8.42. The molecule has 0 saturated carbocycles. The predicted molar refractivity (Wildman–Crippen MR) is 146 cm³/mol. The van der Waals surface area contributed by atoms with Crippen LogP contribution in [0.5, 0.6) is 0 Å². The van der Waals surface area contributed by atoms with Crippen molar-refractivity contribution in [2.45, 2.75) is 32.2 Å². The van der Waals surface area contributed by atoms with Gasteiger partial charge in [0.1, 0.15) is 0 Å². The number of carbonyl (C=O) groups is 3. The van der Waals surface area contributed by atoms with E-state index in [-0.39, 0.29) is 5.97 Å². The number of nitrogens with two attached hydrogens (primary N) is 2. The Kier molecular flexibility index (Phi) is 14.1. The van der Waals surface area contributed by atoms with E-state index in [4.69, 9.17) is 36.2 Å². The average molecular weight is 632 g/mol. The molecular formula is C27H27F6N5O6. The summed E-state index contributed by atoms with van der Waals surface area (Å²) in [6.45, 7) is 2.76. The Hall–Kier alpha value is -5.35. The Morgan fingerprint density at radius 1 is 0.841 bits per heavy atom. The van der Waals surface area contributed by atoms with Crippen LogP contribution in [0, 0.1) is 0 Å². The van der Waals surface area contributed by atoms with Crippen molar-refractivity contribution < 1.29 is 55.7 Å². The number of esters is 1. The minimum atomic E-state index is -5.08. The second kappa shape index (κ2) is 16.9. The smallest absolute Gasteiger partial charge is 0.475 e. The van der Waals surface area contributed by atoms with Crippen LogP contribution in [0.3, 0.4) is 0 Å². The average Bonchev–Trinajstić information content (AvgIpc) is 3.32. The van der Waals surface area contributed by atoms with Crippen LogP contribution in [-0.2, 0) is 27.3 Å². The second-order valence-corrected chi connectivity index (χ2v) is 8.42. The number of carboxylic acids is 2. The molecule has 1 aromatic heterocycles. The highest BCUT2D eigenvalue weighted by atomic mass is 19.4. The summed E-state index contributed by atoms with van der Waals surface area (Å²) >= 11 is 0. The largest absolute Gasteiger partial charge is 0.490 e. The summed E-state index contributed by atoms with van der Waals surface area (Å²) in [6, 6.07) is 15.8. The molecule has 0 aliphatic carbocycles. The number of rotatable bonds is 8. The van der Waals surface area contributed by atoms with Gasteiger partial charge in [-0.05, 0) is 47.2 Å². The molecule has 0 radical (unpaired) electrons. The van der Waals surface area contributed by atoms with Gasteiger partial charge in [0, 0.05) is 18.9 Å². The summed E-state index contributed by atoms with van der Waals surface area (Å²) in [5.74, 6) is 4.61. The first kappa shape index (κ1) is 36.7. The van der Waals surface area contributed by atoms with Crippen LogP contribution in [0.25, 0.3) is 0 Å². The van der Waals surface area contributed by atoms with E-state index in [0.717, 1.165) is 27.8 Å². The van der Waals surface area contributed by atoms with E-state index in [0.29, 0.717) is 25.1 Å². The summed E-state index contributed by atoms with van der Waals surface area (Å²) in [5, 5.41) is 21.4. The lowest BCUT2D eigenvalue weighted by atomic mass is 10.0. The van der Waals surface area contributed by atoms with Crippen LogP contribution < -0.4 is 11.7 Å². The zero-order valence-corrected chi connectivity index (χ0v) is 22.8. The van der Waals surface area contributed by atoms with Crippen molar-refractivity contribution in [1.29, 1.82) is 0 Å². The van der Waals surface area contributed by atoms with Crippen molar-refractivity contribution >= 4 is 30.3 Å². The van der Waals surface area contributed by atoms with E-state index in [1.165, 1.54) is 0 Å². The first-order valence-corrected chi connectivity index (χ1v) is 12.1. The normalized spacial score (nSPS) is 11.3. The number of ether oxygens (including phenoxy) is 1. The van der Waals surface area contributed by atoms with Gasteiger partial charge in [-0.3, -0.25) is 0 Å². The van der Waals surface area contributed by atoms with Gasteiger partial charge in [-0.1, -0.05) is 42.5 Å². The van der Waals surface area contributed by atoms with E-state index in [1.54, 1.807) is 19.4 Å². The summed E-state index contributed by atoms with van der Waals surface area (Å²) in [6.07, 6.45) is -2.54. The molecule has 0 amide bonds. The predicted octanol–water partition coefficient (Wildman–Crippen LogP) is 4.16. The van der Waals surface area contributed by atoms with E-state index >= 15 is 0 Å². The molecule has 44 heavy (non-hydrogen) atoms. The number of carbonyl (C=O) groups excluding carboxylic acids is 1. The van der Waals surface area contributed by atoms with Gasteiger partial charge in [0.2, 0.25) is 0 Å². The summed E-state index contributed by atoms with van der Waals surface area (Å²) in [5.41, 5.74) is 5.47. The molecule has 0 spiro atoms. The number of alkyl halides is 6. The number of nitrogens with zero attached hydrogens (tertiary/aromatic N) is 3. The van der Waals surface area contributed by atoms with Gasteiger partial charge in [-0.15, -0.1) is 0 Å². The van der Waals surface area contributed by atoms with Crippen LogP contribution >= 0.6 is 0 Å². The van der Waals surface area contributed by atoms with Gasteiger partial charge in [0.05, 0.1) is 24.6 Å². The molecule has 0 aliphatic rings. The molecule has 0 unspecified atom stereocenters. The summed E-state index contributed by atoms with van der Waals surface area (Å²) in [7, 11) is 0. The lowest BCUT2D eigenvalue weighted by Gasteiger charge is -2.05. The standard InChI is InChI=1S/C23H25N5O2.2C2HF3O2/c1-2-30-23(29)22-16-28(14-18-8-6-17(7-9-18)12-26-24)15-21(22)11-19-4-3-5-20(10-19)13-27-25;2*3-2(4,5)1(6)7/h3-10,12-13,15-16H,2,11,14,24-25H2,1H3;2*(H,6,7). The molecule has 3 aromatic rings. The summed E-state index contributed by atoms with van der Waals surface area (Å²) < 4.78 is 70.7. The van der Waals surface area contributed by atoms with Crippen molar-refractivity contribution in [2.24, 2.45) is 21.9 Å². The van der Waals surface area contributed by atoms with Crippen LogP contribution in [0.1, 0.15) is 45.1 Å². The monoisotopic (exact) mass is 631 g/mol. The maximum atomic E-state index is 12.5. The molecule has 0 aliphatic heterocycles. The number of hydrogen-bond acceptors (Lipinski definition) is 8. The van der Waals surface area contributed by atoms with Gasteiger partial charge < -0.3 is 31.2 Å². The lowest BCUT2D eigenvalue weighted by molar-refractivity contribution is -0.193. The first-order valence-electron chi connectivity index (χ1n) is 12.1. The highest BCUT2D eigenvalue weighted by molar-refractivity contribution is 5.91. The highest BCUT2D eigenvalue weighted by Gasteiger charge is 2.38. The number of aliphatic carboxylic acids is 2. The Bertz CT molecular complexity index is 1430. The van der Waals surface area contributed by atoms with Crippen molar-refractivity contribution in [3.8, 4) is 0 Å². The third kappa shape index (κ3) is 13.1. The molecule has 0 bridgehead atoms. The Labute approximate surface area is 246 Å². The quantitative estimate of drug-likeness (QED) is 0.0940. The highest BCUT2D eigenvalue weighted by Crippen LogP contribution is 2.19. The van der Waals surface area contributed by atoms with Crippen molar-refractivity contribution in [3.63, 3.8) is 0 Å². The van der Waals surface area contributed by atoms with E-state index in [9.17, 15) is 31.1 Å². The van der Waals surface area contributed by atoms with Gasteiger partial charge in [-0.2, -0.15) is 36.5 Å².